The third-order valence-corrected chi connectivity index (χ3v) is 2.55. The number of hydrogen-bond acceptors (Lipinski definition) is 4. The van der Waals surface area contributed by atoms with Crippen LogP contribution < -0.4 is 0 Å². The minimum Gasteiger partial charge on any atom is -0.481 e. The number of aliphatic carboxylic acids is 1. The van der Waals surface area contributed by atoms with Crippen molar-refractivity contribution in [3.05, 3.63) is 21.4 Å². The normalized spacial score (nSPS) is 9.36. The van der Waals surface area contributed by atoms with Crippen molar-refractivity contribution in [3.8, 4) is 6.07 Å². The van der Waals surface area contributed by atoms with Gasteiger partial charge in [-0.3, -0.25) is 4.79 Å². The Morgan fingerprint density at radius 1 is 1.50 bits per heavy atom. The second kappa shape index (κ2) is 3.89. The Morgan fingerprint density at radius 2 is 2.14 bits per heavy atom. The fourth-order valence-corrected chi connectivity index (χ4v) is 1.84. The molecule has 0 saturated carbocycles. The molecule has 1 heterocycles. The Hall–Kier alpha value is -1.87. The van der Waals surface area contributed by atoms with E-state index in [0.717, 1.165) is 11.3 Å². The summed E-state index contributed by atoms with van der Waals surface area (Å²) in [5.74, 6) is -2.35. The van der Waals surface area contributed by atoms with Gasteiger partial charge in [-0.05, 0) is 0 Å². The van der Waals surface area contributed by atoms with E-state index < -0.39 is 18.4 Å². The van der Waals surface area contributed by atoms with Gasteiger partial charge in [-0.25, -0.2) is 4.79 Å². The van der Waals surface area contributed by atoms with E-state index in [1.165, 1.54) is 5.38 Å². The van der Waals surface area contributed by atoms with Crippen LogP contribution in [0.1, 0.15) is 20.8 Å². The molecule has 6 heteroatoms. The SMILES string of the molecule is N#Cc1csc(C(=O)O)c1CC(=O)O. The fraction of sp³-hybridized carbons (Fsp3) is 0.125. The summed E-state index contributed by atoms with van der Waals surface area (Å²) in [6.07, 6.45) is -0.436. The lowest BCUT2D eigenvalue weighted by Crippen LogP contribution is -2.06. The van der Waals surface area contributed by atoms with Crippen molar-refractivity contribution >= 4 is 23.3 Å². The number of carbonyl (C=O) groups is 2. The summed E-state index contributed by atoms with van der Waals surface area (Å²) in [6.45, 7) is 0. The third-order valence-electron chi connectivity index (χ3n) is 1.54. The lowest BCUT2D eigenvalue weighted by molar-refractivity contribution is -0.136. The van der Waals surface area contributed by atoms with Crippen molar-refractivity contribution in [3.63, 3.8) is 0 Å². The summed E-state index contributed by atoms with van der Waals surface area (Å²) >= 11 is 0.865. The van der Waals surface area contributed by atoms with Crippen molar-refractivity contribution < 1.29 is 19.8 Å². The molecule has 0 aliphatic heterocycles. The predicted octanol–water partition coefficient (Wildman–Crippen LogP) is 0.945. The minimum atomic E-state index is -1.20. The van der Waals surface area contributed by atoms with Crippen molar-refractivity contribution in [1.82, 2.24) is 0 Å². The molecular formula is C8H5NO4S. The van der Waals surface area contributed by atoms with Gasteiger partial charge >= 0.3 is 11.9 Å². The van der Waals surface area contributed by atoms with Crippen LogP contribution in [-0.2, 0) is 11.2 Å². The van der Waals surface area contributed by atoms with Crippen LogP contribution in [0.4, 0.5) is 0 Å². The smallest absolute Gasteiger partial charge is 0.346 e. The summed E-state index contributed by atoms with van der Waals surface area (Å²) in [4.78, 5) is 21.0. The van der Waals surface area contributed by atoms with Crippen LogP contribution in [0.2, 0.25) is 0 Å². The molecule has 0 aromatic carbocycles. The Morgan fingerprint density at radius 3 is 2.57 bits per heavy atom. The number of aromatic carboxylic acids is 1. The van der Waals surface area contributed by atoms with Gasteiger partial charge in [0.25, 0.3) is 0 Å². The Labute approximate surface area is 82.8 Å². The quantitative estimate of drug-likeness (QED) is 0.775. The predicted molar refractivity (Wildman–Crippen MR) is 47.3 cm³/mol. The summed E-state index contributed by atoms with van der Waals surface area (Å²) in [5.41, 5.74) is 0.201. The highest BCUT2D eigenvalue weighted by Crippen LogP contribution is 2.22. The molecular weight excluding hydrogens is 206 g/mol. The number of carboxylic acids is 2. The average Bonchev–Trinajstić information content (AvgIpc) is 2.46. The Balaban J connectivity index is 3.20. The molecule has 0 amide bonds. The molecule has 72 valence electrons. The maximum atomic E-state index is 10.6. The number of carboxylic acid groups (broad SMARTS) is 2. The lowest BCUT2D eigenvalue weighted by atomic mass is 10.1. The first-order chi connectivity index (χ1) is 6.56. The van der Waals surface area contributed by atoms with E-state index in [1.807, 2.05) is 0 Å². The van der Waals surface area contributed by atoms with E-state index in [4.69, 9.17) is 15.5 Å². The number of thiophene rings is 1. The highest BCUT2D eigenvalue weighted by atomic mass is 32.1. The van der Waals surface area contributed by atoms with Gasteiger partial charge in [0.15, 0.2) is 0 Å². The summed E-state index contributed by atoms with van der Waals surface area (Å²) < 4.78 is 0. The van der Waals surface area contributed by atoms with Crippen molar-refractivity contribution in [1.29, 1.82) is 5.26 Å². The Kier molecular flexibility index (Phi) is 2.84. The molecule has 1 rings (SSSR count). The van der Waals surface area contributed by atoms with Crippen LogP contribution in [-0.4, -0.2) is 22.2 Å². The third kappa shape index (κ3) is 1.89. The summed E-state index contributed by atoms with van der Waals surface area (Å²) in [5, 5.41) is 27.2. The zero-order valence-corrected chi connectivity index (χ0v) is 7.67. The highest BCUT2D eigenvalue weighted by Gasteiger charge is 2.19. The van der Waals surface area contributed by atoms with Crippen LogP contribution >= 0.6 is 11.3 Å². The average molecular weight is 211 g/mol. The van der Waals surface area contributed by atoms with Crippen molar-refractivity contribution in [2.45, 2.75) is 6.42 Å². The summed E-state index contributed by atoms with van der Waals surface area (Å²) in [7, 11) is 0. The fourth-order valence-electron chi connectivity index (χ4n) is 0.982. The van der Waals surface area contributed by atoms with E-state index in [-0.39, 0.29) is 16.0 Å². The number of hydrogen-bond donors (Lipinski definition) is 2. The first-order valence-corrected chi connectivity index (χ1v) is 4.39. The van der Waals surface area contributed by atoms with E-state index in [1.54, 1.807) is 6.07 Å². The van der Waals surface area contributed by atoms with Crippen LogP contribution in [0.3, 0.4) is 0 Å². The minimum absolute atomic E-state index is 0.0797. The van der Waals surface area contributed by atoms with Gasteiger partial charge in [0.2, 0.25) is 0 Å². The van der Waals surface area contributed by atoms with Gasteiger partial charge < -0.3 is 10.2 Å². The molecule has 1 aromatic rings. The molecule has 0 aliphatic carbocycles. The Bertz CT molecular complexity index is 429. The monoisotopic (exact) mass is 211 g/mol. The molecule has 0 aliphatic rings. The molecule has 0 atom stereocenters. The molecule has 0 fully saturated rings. The van der Waals surface area contributed by atoms with Crippen LogP contribution in [0.5, 0.6) is 0 Å². The topological polar surface area (TPSA) is 98.4 Å². The van der Waals surface area contributed by atoms with Crippen LogP contribution in [0, 0.1) is 11.3 Å². The van der Waals surface area contributed by atoms with Gasteiger partial charge in [0, 0.05) is 10.9 Å². The van der Waals surface area contributed by atoms with Gasteiger partial charge in [0.1, 0.15) is 10.9 Å². The highest BCUT2D eigenvalue weighted by molar-refractivity contribution is 7.12. The lowest BCUT2D eigenvalue weighted by Gasteiger charge is -1.95. The van der Waals surface area contributed by atoms with E-state index >= 15 is 0 Å². The first kappa shape index (κ1) is 10.2. The van der Waals surface area contributed by atoms with E-state index in [2.05, 4.69) is 0 Å². The number of rotatable bonds is 3. The van der Waals surface area contributed by atoms with E-state index in [0.29, 0.717) is 0 Å². The second-order valence-electron chi connectivity index (χ2n) is 2.44. The first-order valence-electron chi connectivity index (χ1n) is 3.51. The summed E-state index contributed by atoms with van der Waals surface area (Å²) in [6, 6.07) is 1.76. The molecule has 0 bridgehead atoms. The molecule has 0 spiro atoms. The van der Waals surface area contributed by atoms with Gasteiger partial charge in [-0.2, -0.15) is 5.26 Å². The number of nitrogens with zero attached hydrogens (tertiary/aromatic N) is 1. The molecule has 5 nitrogen and oxygen atoms in total. The maximum absolute atomic E-state index is 10.6. The van der Waals surface area contributed by atoms with Crippen molar-refractivity contribution in [2.75, 3.05) is 0 Å². The van der Waals surface area contributed by atoms with Crippen LogP contribution in [0.15, 0.2) is 5.38 Å². The molecule has 1 aromatic heterocycles. The maximum Gasteiger partial charge on any atom is 0.346 e. The standard InChI is InChI=1S/C8H5NO4S/c9-2-4-3-14-7(8(12)13)5(4)1-6(10)11/h3H,1H2,(H,10,11)(H,12,13). The zero-order chi connectivity index (χ0) is 10.7. The second-order valence-corrected chi connectivity index (χ2v) is 3.32. The molecule has 0 saturated heterocycles. The van der Waals surface area contributed by atoms with Gasteiger partial charge in [-0.1, -0.05) is 0 Å². The number of nitriles is 1. The molecule has 0 radical (unpaired) electrons. The molecule has 0 unspecified atom stereocenters. The molecule has 2 N–H and O–H groups in total. The van der Waals surface area contributed by atoms with Crippen molar-refractivity contribution in [2.24, 2.45) is 0 Å². The van der Waals surface area contributed by atoms with Crippen LogP contribution in [0.25, 0.3) is 0 Å². The largest absolute Gasteiger partial charge is 0.481 e. The van der Waals surface area contributed by atoms with Gasteiger partial charge in [-0.15, -0.1) is 11.3 Å². The van der Waals surface area contributed by atoms with E-state index in [9.17, 15) is 9.59 Å². The zero-order valence-electron chi connectivity index (χ0n) is 6.85. The molecule has 14 heavy (non-hydrogen) atoms. The van der Waals surface area contributed by atoms with Gasteiger partial charge in [0.05, 0.1) is 12.0 Å².